The fourth-order valence-electron chi connectivity index (χ4n) is 2.92. The third kappa shape index (κ3) is 4.45. The van der Waals surface area contributed by atoms with Crippen LogP contribution in [0.5, 0.6) is 5.75 Å². The number of carbonyl (C=O) groups excluding carboxylic acids is 2. The van der Waals surface area contributed by atoms with E-state index in [4.69, 9.17) is 4.74 Å². The minimum absolute atomic E-state index is 0.218. The number of nitrogens with zero attached hydrogens (tertiary/aromatic N) is 3. The van der Waals surface area contributed by atoms with E-state index in [1.54, 1.807) is 48.3 Å². The molecule has 3 N–H and O–H groups in total. The van der Waals surface area contributed by atoms with Gasteiger partial charge in [-0.2, -0.15) is 10.2 Å². The van der Waals surface area contributed by atoms with Crippen molar-refractivity contribution in [2.24, 2.45) is 0 Å². The molecule has 0 aliphatic heterocycles. The number of methoxy groups -OCH3 is 1. The van der Waals surface area contributed by atoms with Crippen LogP contribution in [-0.2, 0) is 0 Å². The number of hydrogen-bond donors (Lipinski definition) is 3. The Morgan fingerprint density at radius 1 is 1.00 bits per heavy atom. The second kappa shape index (κ2) is 8.54. The van der Waals surface area contributed by atoms with Crippen LogP contribution in [0.1, 0.15) is 26.4 Å². The Morgan fingerprint density at radius 2 is 1.71 bits per heavy atom. The van der Waals surface area contributed by atoms with Gasteiger partial charge < -0.3 is 4.74 Å². The Bertz CT molecular complexity index is 1210. The number of rotatable bonds is 5. The first-order valence-corrected chi connectivity index (χ1v) is 9.46. The van der Waals surface area contributed by atoms with Crippen molar-refractivity contribution in [3.8, 4) is 22.7 Å². The van der Waals surface area contributed by atoms with E-state index in [1.165, 1.54) is 0 Å². The number of carbonyl (C=O) groups is 2. The first kappa shape index (κ1) is 19.9. The summed E-state index contributed by atoms with van der Waals surface area (Å²) < 4.78 is 6.85. The monoisotopic (exact) mass is 416 g/mol. The first-order valence-electron chi connectivity index (χ1n) is 9.46. The van der Waals surface area contributed by atoms with E-state index < -0.39 is 11.8 Å². The molecule has 0 saturated carbocycles. The molecular formula is C22H20N6O3. The van der Waals surface area contributed by atoms with Crippen molar-refractivity contribution < 1.29 is 14.3 Å². The van der Waals surface area contributed by atoms with Gasteiger partial charge in [-0.3, -0.25) is 25.5 Å². The Morgan fingerprint density at radius 3 is 2.35 bits per heavy atom. The van der Waals surface area contributed by atoms with E-state index in [9.17, 15) is 9.59 Å². The Kier molecular flexibility index (Phi) is 5.48. The largest absolute Gasteiger partial charge is 0.497 e. The Labute approximate surface area is 178 Å². The van der Waals surface area contributed by atoms with Crippen LogP contribution >= 0.6 is 0 Å². The number of H-pyrrole nitrogens is 1. The number of aromatic nitrogens is 4. The van der Waals surface area contributed by atoms with Crippen molar-refractivity contribution in [2.45, 2.75) is 6.92 Å². The number of aryl methyl sites for hydroxylation is 1. The molecule has 4 rings (SSSR count). The number of amides is 2. The summed E-state index contributed by atoms with van der Waals surface area (Å²) in [4.78, 5) is 24.7. The molecule has 2 heterocycles. The summed E-state index contributed by atoms with van der Waals surface area (Å²) in [7, 11) is 1.59. The van der Waals surface area contributed by atoms with Crippen LogP contribution in [0, 0.1) is 6.92 Å². The van der Waals surface area contributed by atoms with Gasteiger partial charge in [0.05, 0.1) is 24.7 Å². The molecule has 0 atom stereocenters. The van der Waals surface area contributed by atoms with Gasteiger partial charge in [-0.05, 0) is 67.1 Å². The van der Waals surface area contributed by atoms with Crippen LogP contribution in [0.15, 0.2) is 67.0 Å². The molecule has 0 radical (unpaired) electrons. The van der Waals surface area contributed by atoms with Crippen molar-refractivity contribution in [3.05, 3.63) is 83.8 Å². The molecular weight excluding hydrogens is 396 g/mol. The lowest BCUT2D eigenvalue weighted by atomic mass is 10.1. The molecule has 0 aliphatic carbocycles. The zero-order valence-corrected chi connectivity index (χ0v) is 16.9. The highest BCUT2D eigenvalue weighted by Crippen LogP contribution is 2.21. The van der Waals surface area contributed by atoms with Gasteiger partial charge in [-0.1, -0.05) is 0 Å². The Balaban J connectivity index is 1.36. The second-order valence-electron chi connectivity index (χ2n) is 6.81. The standard InChI is InChI=1S/C22H20N6O3/c1-14-12-23-28(13-14)17-7-3-16(4-8-17)21(29)26-27-22(30)20-11-19(24-25-20)15-5-9-18(31-2)10-6-15/h3-13H,1-2H3,(H,24,25)(H,26,29)(H,27,30). The highest BCUT2D eigenvalue weighted by molar-refractivity contribution is 5.98. The molecule has 9 heteroatoms. The van der Waals surface area contributed by atoms with Gasteiger partial charge in [-0.25, -0.2) is 4.68 Å². The maximum absolute atomic E-state index is 12.3. The van der Waals surface area contributed by atoms with E-state index in [2.05, 4.69) is 26.1 Å². The molecule has 4 aromatic rings. The molecule has 9 nitrogen and oxygen atoms in total. The van der Waals surface area contributed by atoms with Crippen molar-refractivity contribution in [1.82, 2.24) is 30.8 Å². The third-order valence-corrected chi connectivity index (χ3v) is 4.60. The smallest absolute Gasteiger partial charge is 0.287 e. The molecule has 31 heavy (non-hydrogen) atoms. The molecule has 0 unspecified atom stereocenters. The van der Waals surface area contributed by atoms with Crippen LogP contribution in [0.25, 0.3) is 16.9 Å². The maximum atomic E-state index is 12.3. The molecule has 0 bridgehead atoms. The molecule has 2 amide bonds. The summed E-state index contributed by atoms with van der Waals surface area (Å²) in [5.41, 5.74) is 8.70. The van der Waals surface area contributed by atoms with Crippen molar-refractivity contribution in [3.63, 3.8) is 0 Å². The second-order valence-corrected chi connectivity index (χ2v) is 6.81. The fourth-order valence-corrected chi connectivity index (χ4v) is 2.92. The van der Waals surface area contributed by atoms with Gasteiger partial charge in [0, 0.05) is 17.3 Å². The Hall–Kier alpha value is -4.40. The summed E-state index contributed by atoms with van der Waals surface area (Å²) in [5, 5.41) is 11.0. The molecule has 0 fully saturated rings. The van der Waals surface area contributed by atoms with Crippen LogP contribution in [0.3, 0.4) is 0 Å². The zero-order chi connectivity index (χ0) is 21.8. The highest BCUT2D eigenvalue weighted by Gasteiger charge is 2.13. The summed E-state index contributed by atoms with van der Waals surface area (Å²) in [6, 6.07) is 15.8. The number of benzene rings is 2. The normalized spacial score (nSPS) is 10.5. The third-order valence-electron chi connectivity index (χ3n) is 4.60. The average molecular weight is 416 g/mol. The summed E-state index contributed by atoms with van der Waals surface area (Å²) in [6.45, 7) is 1.95. The van der Waals surface area contributed by atoms with E-state index >= 15 is 0 Å². The van der Waals surface area contributed by atoms with Crippen molar-refractivity contribution in [2.75, 3.05) is 7.11 Å². The summed E-state index contributed by atoms with van der Waals surface area (Å²) >= 11 is 0. The number of aromatic amines is 1. The molecule has 0 aliphatic rings. The van der Waals surface area contributed by atoms with Crippen molar-refractivity contribution >= 4 is 11.8 Å². The predicted molar refractivity (Wildman–Crippen MR) is 114 cm³/mol. The zero-order valence-electron chi connectivity index (χ0n) is 16.9. The molecule has 2 aromatic carbocycles. The lowest BCUT2D eigenvalue weighted by Crippen LogP contribution is -2.41. The van der Waals surface area contributed by atoms with Crippen LogP contribution in [0.4, 0.5) is 0 Å². The lowest BCUT2D eigenvalue weighted by molar-refractivity contribution is 0.0844. The average Bonchev–Trinajstić information content (AvgIpc) is 3.47. The van der Waals surface area contributed by atoms with E-state index in [0.29, 0.717) is 11.3 Å². The van der Waals surface area contributed by atoms with E-state index in [0.717, 1.165) is 22.6 Å². The predicted octanol–water partition coefficient (Wildman–Crippen LogP) is 2.65. The van der Waals surface area contributed by atoms with Crippen LogP contribution in [0.2, 0.25) is 0 Å². The van der Waals surface area contributed by atoms with Gasteiger partial charge in [0.2, 0.25) is 0 Å². The SMILES string of the molecule is COc1ccc(-c2cc(C(=O)NNC(=O)c3ccc(-n4cc(C)cn4)cc3)[nH]n2)cc1. The fraction of sp³-hybridized carbons (Fsp3) is 0.0909. The molecule has 0 saturated heterocycles. The van der Waals surface area contributed by atoms with E-state index in [1.807, 2.05) is 37.4 Å². The maximum Gasteiger partial charge on any atom is 0.287 e. The number of hydrogen-bond acceptors (Lipinski definition) is 5. The van der Waals surface area contributed by atoms with Gasteiger partial charge in [0.1, 0.15) is 11.4 Å². The minimum Gasteiger partial charge on any atom is -0.497 e. The molecule has 0 spiro atoms. The summed E-state index contributed by atoms with van der Waals surface area (Å²) in [5.74, 6) is -0.219. The highest BCUT2D eigenvalue weighted by atomic mass is 16.5. The van der Waals surface area contributed by atoms with Gasteiger partial charge >= 0.3 is 0 Å². The molecule has 156 valence electrons. The number of ether oxygens (including phenoxy) is 1. The van der Waals surface area contributed by atoms with Gasteiger partial charge in [0.25, 0.3) is 11.8 Å². The number of hydrazine groups is 1. The van der Waals surface area contributed by atoms with Gasteiger partial charge in [0.15, 0.2) is 0 Å². The minimum atomic E-state index is -0.510. The van der Waals surface area contributed by atoms with Gasteiger partial charge in [-0.15, -0.1) is 0 Å². The van der Waals surface area contributed by atoms with Crippen LogP contribution in [-0.4, -0.2) is 38.9 Å². The van der Waals surface area contributed by atoms with Crippen LogP contribution < -0.4 is 15.6 Å². The van der Waals surface area contributed by atoms with Crippen molar-refractivity contribution in [1.29, 1.82) is 0 Å². The molecule has 2 aromatic heterocycles. The topological polar surface area (TPSA) is 114 Å². The van der Waals surface area contributed by atoms with E-state index in [-0.39, 0.29) is 5.69 Å². The lowest BCUT2D eigenvalue weighted by Gasteiger charge is -2.07. The number of nitrogens with one attached hydrogen (secondary N) is 3. The quantitative estimate of drug-likeness (QED) is 0.433. The summed E-state index contributed by atoms with van der Waals surface area (Å²) in [6.07, 6.45) is 3.64. The first-order chi connectivity index (χ1) is 15.0.